The largest absolute Gasteiger partial charge is 3.00 e. The third-order valence-corrected chi connectivity index (χ3v) is 3.00. The summed E-state index contributed by atoms with van der Waals surface area (Å²) in [5, 5.41) is 0. The Morgan fingerprint density at radius 1 is 0.350 bits per heavy atom. The van der Waals surface area contributed by atoms with E-state index < -0.39 is 60.7 Å². The molecule has 0 fully saturated rings. The van der Waals surface area contributed by atoms with Gasteiger partial charge in [-0.2, -0.15) is 0 Å². The van der Waals surface area contributed by atoms with E-state index in [0.29, 0.717) is 0 Å². The van der Waals surface area contributed by atoms with Gasteiger partial charge in [-0.25, -0.2) is 0 Å². The van der Waals surface area contributed by atoms with Crippen LogP contribution in [0.1, 0.15) is 0 Å². The summed E-state index contributed by atoms with van der Waals surface area (Å²) < 4.78 is 109. The quantitative estimate of drug-likeness (QED) is 0.173. The van der Waals surface area contributed by atoms with Crippen LogP contribution in [-0.2, 0) is 99.6 Å². The van der Waals surface area contributed by atoms with Crippen molar-refractivity contribution in [3.8, 4) is 0 Å². The Morgan fingerprint density at radius 3 is 0.400 bits per heavy atom. The van der Waals surface area contributed by atoms with Gasteiger partial charge in [-0.1, -0.05) is 0 Å². The molecule has 0 aliphatic rings. The molecule has 20 heavy (non-hydrogen) atoms. The molecule has 0 aromatic carbocycles. The predicted molar refractivity (Wildman–Crippen MR) is 53.5 cm³/mol. The summed E-state index contributed by atoms with van der Waals surface area (Å²) in [6, 6.07) is 0. The Bertz CT molecular complexity index is 281. The van der Waals surface area contributed by atoms with Gasteiger partial charge in [0.2, 0.25) is 0 Å². The van der Waals surface area contributed by atoms with Crippen molar-refractivity contribution in [3.63, 3.8) is 0 Å². The van der Waals surface area contributed by atoms with Crippen molar-refractivity contribution >= 4 is 60.7 Å². The van der Waals surface area contributed by atoms with Crippen LogP contribution >= 0.6 is 0 Å². The first-order valence-electron chi connectivity index (χ1n) is 2.50. The molecule has 0 N–H and O–H groups in total. The molecular formula is O12Rh2S6. The number of hydrogen-bond acceptors (Lipinski definition) is 12. The van der Waals surface area contributed by atoms with Crippen LogP contribution in [0.4, 0.5) is 0 Å². The van der Waals surface area contributed by atoms with Crippen molar-refractivity contribution in [2.45, 2.75) is 0 Å². The Labute approximate surface area is 151 Å². The fraction of sp³-hybridized carbons (Fsp3) is 0. The van der Waals surface area contributed by atoms with E-state index in [1.807, 2.05) is 0 Å². The molecule has 0 bridgehead atoms. The van der Waals surface area contributed by atoms with Gasteiger partial charge in [0.05, 0.1) is 0 Å². The summed E-state index contributed by atoms with van der Waals surface area (Å²) in [7, 11) is -17.7. The second-order valence-corrected chi connectivity index (χ2v) is 8.57. The molecule has 6 atom stereocenters. The molecule has 126 valence electrons. The average Bonchev–Trinajstić information content (AvgIpc) is 2.18. The maximum atomic E-state index is 9.09. The normalized spacial score (nSPS) is 17.7. The van der Waals surface area contributed by atoms with Crippen molar-refractivity contribution in [2.75, 3.05) is 0 Å². The molecule has 6 unspecified atom stereocenters. The first-order valence-corrected chi connectivity index (χ1v) is 10.5. The van der Waals surface area contributed by atoms with Crippen LogP contribution in [0.5, 0.6) is 0 Å². The van der Waals surface area contributed by atoms with E-state index in [1.165, 1.54) is 0 Å². The van der Waals surface area contributed by atoms with Crippen molar-refractivity contribution in [1.82, 2.24) is 0 Å². The van der Waals surface area contributed by atoms with Crippen LogP contribution in [0, 0.1) is 0 Å². The molecule has 0 amide bonds. The zero-order valence-electron chi connectivity index (χ0n) is 8.02. The molecule has 0 aliphatic carbocycles. The molecule has 20 heteroatoms. The molecule has 0 saturated carbocycles. The van der Waals surface area contributed by atoms with E-state index >= 15 is 0 Å². The molecule has 0 spiro atoms. The maximum Gasteiger partial charge on any atom is 3.00 e. The Morgan fingerprint density at radius 2 is 0.400 bits per heavy atom. The summed E-state index contributed by atoms with van der Waals surface area (Å²) in [5.74, 6) is 0. The Balaban J connectivity index is -0.0000000536. The Kier molecular flexibility index (Phi) is 35.0. The minimum Gasteiger partial charge on any atom is -0.763 e. The van der Waals surface area contributed by atoms with E-state index in [1.54, 1.807) is 0 Å². The monoisotopic (exact) mass is 590 g/mol. The van der Waals surface area contributed by atoms with Gasteiger partial charge in [-0.05, 0) is 0 Å². The molecular weight excluding hydrogens is 590 g/mol. The van der Waals surface area contributed by atoms with Gasteiger partial charge in [0, 0.05) is 60.7 Å². The van der Waals surface area contributed by atoms with Gasteiger partial charge in [-0.3, -0.25) is 25.3 Å². The molecule has 0 aromatic heterocycles. The smallest absolute Gasteiger partial charge is 0.763 e. The second-order valence-electron chi connectivity index (χ2n) is 1.22. The topological polar surface area (TPSA) is 241 Å². The van der Waals surface area contributed by atoms with Gasteiger partial charge in [-0.15, -0.1) is 0 Å². The average molecular weight is 590 g/mol. The summed E-state index contributed by atoms with van der Waals surface area (Å²) in [6.07, 6.45) is 0. The van der Waals surface area contributed by atoms with Crippen LogP contribution in [0.2, 0.25) is 0 Å². The van der Waals surface area contributed by atoms with E-state index in [9.17, 15) is 0 Å². The minimum atomic E-state index is -2.95. The van der Waals surface area contributed by atoms with E-state index in [0.717, 1.165) is 0 Å². The van der Waals surface area contributed by atoms with Gasteiger partial charge < -0.3 is 27.3 Å². The first kappa shape index (κ1) is 33.5. The van der Waals surface area contributed by atoms with Crippen LogP contribution in [-0.4, -0.2) is 52.6 Å². The zero-order valence-corrected chi connectivity index (χ0v) is 16.2. The maximum absolute atomic E-state index is 9.09. The van der Waals surface area contributed by atoms with Gasteiger partial charge in [0.15, 0.2) is 0 Å². The van der Waals surface area contributed by atoms with Crippen molar-refractivity contribution in [1.29, 1.82) is 0 Å². The third-order valence-electron chi connectivity index (χ3n) is 0.333. The Hall–Kier alpha value is 1.91. The number of rotatable bonds is 3. The van der Waals surface area contributed by atoms with Crippen LogP contribution in [0.3, 0.4) is 0 Å². The summed E-state index contributed by atoms with van der Waals surface area (Å²) in [5.41, 5.74) is 0. The van der Waals surface area contributed by atoms with Gasteiger partial charge in [0.1, 0.15) is 0 Å². The molecule has 12 nitrogen and oxygen atoms in total. The van der Waals surface area contributed by atoms with Crippen molar-refractivity contribution < 1.29 is 91.5 Å². The van der Waals surface area contributed by atoms with E-state index in [2.05, 4.69) is 0 Å². The van der Waals surface area contributed by atoms with E-state index in [4.69, 9.17) is 52.6 Å². The molecule has 0 saturated heterocycles. The van der Waals surface area contributed by atoms with Crippen LogP contribution < -0.4 is 0 Å². The molecule has 0 aromatic rings. The fourth-order valence-electron chi connectivity index (χ4n) is 0. The minimum absolute atomic E-state index is 0. The van der Waals surface area contributed by atoms with E-state index in [-0.39, 0.29) is 39.0 Å². The number of hydrogen-bond donors (Lipinski definition) is 0. The predicted octanol–water partition coefficient (Wildman–Crippen LogP) is -4.03. The van der Waals surface area contributed by atoms with Crippen LogP contribution in [0.15, 0.2) is 0 Å². The first-order chi connectivity index (χ1) is 7.93. The fourth-order valence-corrected chi connectivity index (χ4v) is 0. The molecule has 0 radical (unpaired) electrons. The summed E-state index contributed by atoms with van der Waals surface area (Å²) >= 11 is 0. The summed E-state index contributed by atoms with van der Waals surface area (Å²) in [6.45, 7) is 0. The summed E-state index contributed by atoms with van der Waals surface area (Å²) in [4.78, 5) is 0. The standard InChI is InChI=1S/3H2O4S2.2Rh/c3*1-5(2)6(3)4;;/h3*(H,1,2)(H,3,4);;/q;;;2*+3/p-6. The van der Waals surface area contributed by atoms with Crippen LogP contribution in [0.25, 0.3) is 0 Å². The van der Waals surface area contributed by atoms with Crippen molar-refractivity contribution in [3.05, 3.63) is 0 Å². The molecule has 0 aliphatic heterocycles. The molecule has 0 rings (SSSR count). The van der Waals surface area contributed by atoms with Gasteiger partial charge >= 0.3 is 39.0 Å². The molecule has 0 heterocycles. The zero-order chi connectivity index (χ0) is 15.5. The third kappa shape index (κ3) is 36.8. The van der Waals surface area contributed by atoms with Crippen molar-refractivity contribution in [2.24, 2.45) is 0 Å². The SMILES string of the molecule is O=S([O-])S(=O)[O-].O=S([O-])S(=O)[O-].O=S([O-])S(=O)[O-].[Rh+3].[Rh+3]. The van der Waals surface area contributed by atoms with Gasteiger partial charge in [0.25, 0.3) is 0 Å². The second kappa shape index (κ2) is 20.9.